The quantitative estimate of drug-likeness (QED) is 0.269. The lowest BCUT2D eigenvalue weighted by molar-refractivity contribution is -0.188. The van der Waals surface area contributed by atoms with Gasteiger partial charge in [-0.25, -0.2) is 0 Å². The van der Waals surface area contributed by atoms with E-state index in [4.69, 9.17) is 0 Å². The second-order valence-electron chi connectivity index (χ2n) is 7.46. The van der Waals surface area contributed by atoms with Gasteiger partial charge in [-0.15, -0.1) is 0 Å². The Morgan fingerprint density at radius 2 is 0.811 bits per heavy atom. The Hall–Kier alpha value is -3.14. The van der Waals surface area contributed by atoms with Crippen molar-refractivity contribution in [2.75, 3.05) is 19.0 Å². The van der Waals surface area contributed by atoms with Crippen molar-refractivity contribution in [1.82, 2.24) is 0 Å². The van der Waals surface area contributed by atoms with Gasteiger partial charge in [0.05, 0.1) is 33.5 Å². The smallest absolute Gasteiger partial charge is 0.378 e. The van der Waals surface area contributed by atoms with Gasteiger partial charge < -0.3 is 4.90 Å². The molecule has 0 amide bonds. The molecule has 0 N–H and O–H groups in total. The number of rotatable bonds is 3. The molecule has 0 spiro atoms. The number of hydrogen-bond acceptors (Lipinski definition) is 2. The summed E-state index contributed by atoms with van der Waals surface area (Å²) in [6.07, 6.45) is -33.9. The van der Waals surface area contributed by atoms with E-state index in [1.807, 2.05) is 0 Å². The molecule has 0 atom stereocenters. The van der Waals surface area contributed by atoms with Crippen LogP contribution >= 0.6 is 0 Å². The Morgan fingerprint density at radius 1 is 0.514 bits per heavy atom. The molecule has 0 radical (unpaired) electrons. The second kappa shape index (κ2) is 9.31. The highest BCUT2D eigenvalue weighted by molar-refractivity contribution is 5.84. The third kappa shape index (κ3) is 6.41. The summed E-state index contributed by atoms with van der Waals surface area (Å²) in [6.45, 7) is 0. The average Bonchev–Trinajstić information content (AvgIpc) is 2.67. The molecule has 2 rings (SSSR count). The minimum Gasteiger partial charge on any atom is -0.378 e. The SMILES string of the molecule is CN(C)c1ccc(C=Nc2c(C(F)(F)F)c(C(F)(F)F)c(C(F)(F)F)c(C(F)(F)F)c2C(F)(F)F)cc1. The summed E-state index contributed by atoms with van der Waals surface area (Å²) < 4.78 is 203. The zero-order valence-electron chi connectivity index (χ0n) is 18.0. The van der Waals surface area contributed by atoms with Crippen LogP contribution in [-0.2, 0) is 30.9 Å². The molecule has 0 bridgehead atoms. The molecule has 0 aliphatic carbocycles. The van der Waals surface area contributed by atoms with Crippen LogP contribution in [0.1, 0.15) is 33.4 Å². The van der Waals surface area contributed by atoms with Crippen molar-refractivity contribution in [2.24, 2.45) is 4.99 Å². The molecule has 0 unspecified atom stereocenters. The molecule has 0 saturated carbocycles. The van der Waals surface area contributed by atoms with E-state index in [1.54, 1.807) is 0 Å². The third-order valence-corrected chi connectivity index (χ3v) is 4.64. The molecule has 0 aromatic heterocycles. The van der Waals surface area contributed by atoms with E-state index >= 15 is 0 Å². The third-order valence-electron chi connectivity index (χ3n) is 4.64. The normalized spacial score (nSPS) is 14.0. The Morgan fingerprint density at radius 3 is 1.08 bits per heavy atom. The summed E-state index contributed by atoms with van der Waals surface area (Å²) in [7, 11) is 3.04. The topological polar surface area (TPSA) is 15.6 Å². The highest BCUT2D eigenvalue weighted by Gasteiger charge is 2.60. The van der Waals surface area contributed by atoms with E-state index in [-0.39, 0.29) is 6.21 Å². The van der Waals surface area contributed by atoms with Crippen LogP contribution in [0.5, 0.6) is 0 Å². The average molecular weight is 564 g/mol. The largest absolute Gasteiger partial charge is 0.419 e. The number of hydrogen-bond donors (Lipinski definition) is 0. The van der Waals surface area contributed by atoms with Gasteiger partial charge in [-0.1, -0.05) is 12.1 Å². The van der Waals surface area contributed by atoms with Crippen LogP contribution in [0, 0.1) is 0 Å². The summed E-state index contributed by atoms with van der Waals surface area (Å²) in [5.41, 5.74) is -22.5. The van der Waals surface area contributed by atoms with Gasteiger partial charge in [0, 0.05) is 26.0 Å². The first-order valence-electron chi connectivity index (χ1n) is 9.29. The molecule has 206 valence electrons. The number of aliphatic imine (C=N–C) groups is 1. The minimum atomic E-state index is -6.94. The van der Waals surface area contributed by atoms with E-state index in [0.29, 0.717) is 5.69 Å². The number of nitrogens with zero attached hydrogens (tertiary/aromatic N) is 2. The summed E-state index contributed by atoms with van der Waals surface area (Å²) in [5, 5.41) is 0. The maximum Gasteiger partial charge on any atom is 0.419 e. The standard InChI is InChI=1S/C20H11F15N2/c1-37(2)9-5-3-8(4-6-9)7-36-15-13(19(30,31)32)11(17(24,25)26)10(16(21,22)23)12(18(27,28)29)14(15)20(33,34)35/h3-7H,1-2H3. The lowest BCUT2D eigenvalue weighted by Crippen LogP contribution is -2.31. The Kier molecular flexibility index (Phi) is 7.57. The van der Waals surface area contributed by atoms with Crippen LogP contribution in [-0.4, -0.2) is 20.3 Å². The van der Waals surface area contributed by atoms with Crippen LogP contribution in [0.2, 0.25) is 0 Å². The van der Waals surface area contributed by atoms with Crippen LogP contribution in [0.3, 0.4) is 0 Å². The molecule has 2 nitrogen and oxygen atoms in total. The molecular formula is C20H11F15N2. The van der Waals surface area contributed by atoms with Crippen LogP contribution in [0.15, 0.2) is 29.3 Å². The first-order chi connectivity index (χ1) is 16.4. The Bertz CT molecular complexity index is 1110. The summed E-state index contributed by atoms with van der Waals surface area (Å²) in [4.78, 5) is 4.09. The molecular weight excluding hydrogens is 553 g/mol. The van der Waals surface area contributed by atoms with Crippen molar-refractivity contribution < 1.29 is 65.9 Å². The highest BCUT2D eigenvalue weighted by atomic mass is 19.4. The van der Waals surface area contributed by atoms with E-state index in [9.17, 15) is 65.9 Å². The first kappa shape index (κ1) is 30.1. The Balaban J connectivity index is 3.24. The zero-order chi connectivity index (χ0) is 28.9. The minimum absolute atomic E-state index is 0.0623. The van der Waals surface area contributed by atoms with Crippen LogP contribution in [0.4, 0.5) is 77.2 Å². The van der Waals surface area contributed by atoms with E-state index in [2.05, 4.69) is 4.99 Å². The number of benzene rings is 2. The van der Waals surface area contributed by atoms with Gasteiger partial charge in [0.2, 0.25) is 0 Å². The second-order valence-corrected chi connectivity index (χ2v) is 7.46. The molecule has 0 aliphatic rings. The fraction of sp³-hybridized carbons (Fsp3) is 0.350. The summed E-state index contributed by atoms with van der Waals surface area (Å²) in [5.74, 6) is 0. The zero-order valence-corrected chi connectivity index (χ0v) is 18.0. The molecule has 0 fully saturated rings. The van der Waals surface area contributed by atoms with Crippen molar-refractivity contribution in [3.8, 4) is 0 Å². The van der Waals surface area contributed by atoms with E-state index < -0.39 is 69.9 Å². The number of halogens is 15. The molecule has 2 aromatic carbocycles. The molecule has 0 saturated heterocycles. The van der Waals surface area contributed by atoms with Gasteiger partial charge in [0.1, 0.15) is 0 Å². The van der Waals surface area contributed by atoms with E-state index in [1.165, 1.54) is 31.1 Å². The highest BCUT2D eigenvalue weighted by Crippen LogP contribution is 2.58. The van der Waals surface area contributed by atoms with Crippen molar-refractivity contribution in [2.45, 2.75) is 30.9 Å². The van der Waals surface area contributed by atoms with Gasteiger partial charge in [0.25, 0.3) is 0 Å². The van der Waals surface area contributed by atoms with Gasteiger partial charge in [0.15, 0.2) is 0 Å². The van der Waals surface area contributed by atoms with Crippen molar-refractivity contribution >= 4 is 17.6 Å². The van der Waals surface area contributed by atoms with Crippen LogP contribution in [0.25, 0.3) is 0 Å². The monoisotopic (exact) mass is 564 g/mol. The predicted octanol–water partition coefficient (Wildman–Crippen LogP) is 8.60. The van der Waals surface area contributed by atoms with Gasteiger partial charge in [-0.3, -0.25) is 4.99 Å². The van der Waals surface area contributed by atoms with Crippen LogP contribution < -0.4 is 4.90 Å². The lowest BCUT2D eigenvalue weighted by atomic mass is 9.87. The molecule has 17 heteroatoms. The summed E-state index contributed by atoms with van der Waals surface area (Å²) in [6, 6.07) is 4.40. The predicted molar refractivity (Wildman–Crippen MR) is 99.5 cm³/mol. The van der Waals surface area contributed by atoms with Crippen molar-refractivity contribution in [1.29, 1.82) is 0 Å². The fourth-order valence-electron chi connectivity index (χ4n) is 3.27. The first-order valence-corrected chi connectivity index (χ1v) is 9.29. The summed E-state index contributed by atoms with van der Waals surface area (Å²) >= 11 is 0. The maximum atomic E-state index is 13.7. The fourth-order valence-corrected chi connectivity index (χ4v) is 3.27. The van der Waals surface area contributed by atoms with Gasteiger partial charge in [-0.05, 0) is 17.7 Å². The lowest BCUT2D eigenvalue weighted by Gasteiger charge is -2.29. The number of alkyl halides is 15. The van der Waals surface area contributed by atoms with Gasteiger partial charge >= 0.3 is 30.9 Å². The van der Waals surface area contributed by atoms with Crippen molar-refractivity contribution in [3.63, 3.8) is 0 Å². The molecule has 0 heterocycles. The number of anilines is 1. The molecule has 37 heavy (non-hydrogen) atoms. The Labute approximate surface area is 197 Å². The van der Waals surface area contributed by atoms with Gasteiger partial charge in [-0.2, -0.15) is 65.9 Å². The van der Waals surface area contributed by atoms with Crippen molar-refractivity contribution in [3.05, 3.63) is 57.6 Å². The van der Waals surface area contributed by atoms with E-state index in [0.717, 1.165) is 12.1 Å². The molecule has 2 aromatic rings. The molecule has 0 aliphatic heterocycles. The maximum absolute atomic E-state index is 13.7.